The van der Waals surface area contributed by atoms with Gasteiger partial charge in [-0.2, -0.15) is 13.2 Å². The number of rotatable bonds is 7. The Balaban J connectivity index is 1.85. The molecule has 2 aromatic heterocycles. The Morgan fingerprint density at radius 1 is 1.26 bits per heavy atom. The second-order valence-corrected chi connectivity index (χ2v) is 9.19. The quantitative estimate of drug-likeness (QED) is 0.360. The van der Waals surface area contributed by atoms with Crippen LogP contribution in [0, 0.1) is 13.8 Å². The number of fused-ring (bicyclic) bond motifs is 1. The zero-order valence-electron chi connectivity index (χ0n) is 17.3. The highest BCUT2D eigenvalue weighted by atomic mass is 32.2. The van der Waals surface area contributed by atoms with Gasteiger partial charge in [0, 0.05) is 11.4 Å². The molecular formula is C21H22F3N3O2S2. The Labute approximate surface area is 185 Å². The van der Waals surface area contributed by atoms with E-state index in [1.165, 1.54) is 29.5 Å². The van der Waals surface area contributed by atoms with Gasteiger partial charge in [-0.05, 0) is 38.0 Å². The molecule has 0 aliphatic rings. The summed E-state index contributed by atoms with van der Waals surface area (Å²) in [6, 6.07) is 4.83. The van der Waals surface area contributed by atoms with Crippen molar-refractivity contribution in [2.75, 3.05) is 11.1 Å². The molecule has 0 atom stereocenters. The van der Waals surface area contributed by atoms with Crippen molar-refractivity contribution in [3.8, 4) is 0 Å². The molecule has 0 saturated heterocycles. The molecule has 2 heterocycles. The second kappa shape index (κ2) is 9.44. The van der Waals surface area contributed by atoms with Crippen molar-refractivity contribution in [3.63, 3.8) is 0 Å². The maximum atomic E-state index is 13.1. The fraction of sp³-hybridized carbons (Fsp3) is 0.381. The number of unbranched alkanes of at least 4 members (excludes halogenated alkanes) is 1. The van der Waals surface area contributed by atoms with Crippen molar-refractivity contribution in [1.29, 1.82) is 0 Å². The van der Waals surface area contributed by atoms with Crippen LogP contribution in [0.5, 0.6) is 0 Å². The van der Waals surface area contributed by atoms with E-state index in [0.717, 1.165) is 41.1 Å². The fourth-order valence-corrected chi connectivity index (χ4v) is 4.98. The lowest BCUT2D eigenvalue weighted by molar-refractivity contribution is -0.137. The molecule has 1 N–H and O–H groups in total. The van der Waals surface area contributed by atoms with Crippen LogP contribution in [0.15, 0.2) is 34.2 Å². The first kappa shape index (κ1) is 23.3. The highest BCUT2D eigenvalue weighted by Crippen LogP contribution is 2.34. The number of anilines is 1. The molecular weight excluding hydrogens is 447 g/mol. The Morgan fingerprint density at radius 2 is 1.97 bits per heavy atom. The number of aromatic nitrogens is 2. The average molecular weight is 470 g/mol. The van der Waals surface area contributed by atoms with Crippen molar-refractivity contribution >= 4 is 44.9 Å². The number of benzene rings is 1. The summed E-state index contributed by atoms with van der Waals surface area (Å²) in [4.78, 5) is 31.7. The molecule has 0 spiro atoms. The minimum absolute atomic E-state index is 0.148. The molecule has 0 fully saturated rings. The van der Waals surface area contributed by atoms with Gasteiger partial charge in [-0.1, -0.05) is 37.2 Å². The van der Waals surface area contributed by atoms with Gasteiger partial charge in [0.1, 0.15) is 4.83 Å². The van der Waals surface area contributed by atoms with Crippen molar-refractivity contribution in [3.05, 3.63) is 50.6 Å². The molecule has 0 aliphatic heterocycles. The molecule has 166 valence electrons. The molecule has 10 heteroatoms. The van der Waals surface area contributed by atoms with Crippen molar-refractivity contribution < 1.29 is 18.0 Å². The van der Waals surface area contributed by atoms with E-state index in [9.17, 15) is 22.8 Å². The summed E-state index contributed by atoms with van der Waals surface area (Å²) in [5.74, 6) is -0.767. The minimum atomic E-state index is -4.57. The van der Waals surface area contributed by atoms with Crippen LogP contribution in [-0.4, -0.2) is 21.2 Å². The standard InChI is InChI=1S/C21H22F3N3O2S2/c1-4-5-10-27-19(29)17-12(2)13(3)31-18(17)26-20(27)30-11-16(28)25-15-9-7-6-8-14(15)21(22,23)24/h6-9H,4-5,10-11H2,1-3H3,(H,25,28). The number of para-hydroxylation sites is 1. The lowest BCUT2D eigenvalue weighted by Gasteiger charge is -2.14. The average Bonchev–Trinajstić information content (AvgIpc) is 2.99. The zero-order valence-corrected chi connectivity index (χ0v) is 18.9. The summed E-state index contributed by atoms with van der Waals surface area (Å²) >= 11 is 2.47. The molecule has 3 rings (SSSR count). The first-order valence-electron chi connectivity index (χ1n) is 9.72. The SMILES string of the molecule is CCCCn1c(SCC(=O)Nc2ccccc2C(F)(F)F)nc2sc(C)c(C)c2c1=O. The summed E-state index contributed by atoms with van der Waals surface area (Å²) in [5.41, 5.74) is -0.444. The van der Waals surface area contributed by atoms with Gasteiger partial charge in [-0.25, -0.2) is 4.98 Å². The number of thiophene rings is 1. The van der Waals surface area contributed by atoms with Crippen LogP contribution in [0.1, 0.15) is 35.8 Å². The number of hydrogen-bond donors (Lipinski definition) is 1. The van der Waals surface area contributed by atoms with Crippen LogP contribution >= 0.6 is 23.1 Å². The van der Waals surface area contributed by atoms with Gasteiger partial charge < -0.3 is 5.32 Å². The van der Waals surface area contributed by atoms with Crippen LogP contribution < -0.4 is 10.9 Å². The molecule has 0 saturated carbocycles. The summed E-state index contributed by atoms with van der Waals surface area (Å²) < 4.78 is 41.0. The topological polar surface area (TPSA) is 64.0 Å². The highest BCUT2D eigenvalue weighted by molar-refractivity contribution is 7.99. The smallest absolute Gasteiger partial charge is 0.325 e. The number of carbonyl (C=O) groups is 1. The van der Waals surface area contributed by atoms with Crippen LogP contribution in [-0.2, 0) is 17.5 Å². The molecule has 5 nitrogen and oxygen atoms in total. The number of nitrogens with zero attached hydrogens (tertiary/aromatic N) is 2. The van der Waals surface area contributed by atoms with E-state index >= 15 is 0 Å². The van der Waals surface area contributed by atoms with Gasteiger partial charge in [-0.3, -0.25) is 14.2 Å². The van der Waals surface area contributed by atoms with E-state index in [2.05, 4.69) is 10.3 Å². The van der Waals surface area contributed by atoms with Crippen molar-refractivity contribution in [1.82, 2.24) is 9.55 Å². The maximum absolute atomic E-state index is 13.1. The summed E-state index contributed by atoms with van der Waals surface area (Å²) in [7, 11) is 0. The Bertz CT molecular complexity index is 1170. The summed E-state index contributed by atoms with van der Waals surface area (Å²) in [6.07, 6.45) is -2.92. The Morgan fingerprint density at radius 3 is 2.65 bits per heavy atom. The van der Waals surface area contributed by atoms with Gasteiger partial charge in [0.05, 0.1) is 22.4 Å². The molecule has 0 radical (unpaired) electrons. The van der Waals surface area contributed by atoms with Gasteiger partial charge in [-0.15, -0.1) is 11.3 Å². The predicted octanol–water partition coefficient (Wildman–Crippen LogP) is 5.62. The van der Waals surface area contributed by atoms with Crippen LogP contribution in [0.3, 0.4) is 0 Å². The molecule has 0 unspecified atom stereocenters. The summed E-state index contributed by atoms with van der Waals surface area (Å²) in [5, 5.41) is 3.31. The van der Waals surface area contributed by atoms with E-state index in [-0.39, 0.29) is 17.0 Å². The summed E-state index contributed by atoms with van der Waals surface area (Å²) in [6.45, 7) is 6.29. The Hall–Kier alpha value is -2.33. The van der Waals surface area contributed by atoms with E-state index in [1.807, 2.05) is 20.8 Å². The Kier molecular flexibility index (Phi) is 7.10. The predicted molar refractivity (Wildman–Crippen MR) is 119 cm³/mol. The van der Waals surface area contributed by atoms with E-state index in [4.69, 9.17) is 0 Å². The number of nitrogens with one attached hydrogen (secondary N) is 1. The molecule has 3 aromatic rings. The van der Waals surface area contributed by atoms with Crippen LogP contribution in [0.2, 0.25) is 0 Å². The third kappa shape index (κ3) is 5.12. The molecule has 31 heavy (non-hydrogen) atoms. The highest BCUT2D eigenvalue weighted by Gasteiger charge is 2.33. The van der Waals surface area contributed by atoms with E-state index < -0.39 is 17.6 Å². The molecule has 0 aliphatic carbocycles. The lowest BCUT2D eigenvalue weighted by Crippen LogP contribution is -2.24. The van der Waals surface area contributed by atoms with Crippen molar-refractivity contribution in [2.45, 2.75) is 51.5 Å². The number of thioether (sulfide) groups is 1. The third-order valence-corrected chi connectivity index (χ3v) is 6.91. The number of carbonyl (C=O) groups excluding carboxylic acids is 1. The lowest BCUT2D eigenvalue weighted by atomic mass is 10.1. The number of halogens is 3. The molecule has 0 bridgehead atoms. The number of aryl methyl sites for hydroxylation is 2. The van der Waals surface area contributed by atoms with Gasteiger partial charge >= 0.3 is 6.18 Å². The second-order valence-electron chi connectivity index (χ2n) is 7.05. The van der Waals surface area contributed by atoms with Crippen LogP contribution in [0.25, 0.3) is 10.2 Å². The van der Waals surface area contributed by atoms with Gasteiger partial charge in [0.2, 0.25) is 5.91 Å². The van der Waals surface area contributed by atoms with Crippen LogP contribution in [0.4, 0.5) is 18.9 Å². The van der Waals surface area contributed by atoms with E-state index in [0.29, 0.717) is 21.9 Å². The first-order valence-corrected chi connectivity index (χ1v) is 11.5. The first-order chi connectivity index (χ1) is 14.6. The maximum Gasteiger partial charge on any atom is 0.418 e. The van der Waals surface area contributed by atoms with Gasteiger partial charge in [0.15, 0.2) is 5.16 Å². The molecule has 1 amide bonds. The van der Waals surface area contributed by atoms with Crippen molar-refractivity contribution in [2.24, 2.45) is 0 Å². The third-order valence-electron chi connectivity index (χ3n) is 4.83. The number of amides is 1. The number of hydrogen-bond acceptors (Lipinski definition) is 5. The van der Waals surface area contributed by atoms with E-state index in [1.54, 1.807) is 4.57 Å². The number of alkyl halides is 3. The largest absolute Gasteiger partial charge is 0.418 e. The normalized spacial score (nSPS) is 11.8. The van der Waals surface area contributed by atoms with Gasteiger partial charge in [0.25, 0.3) is 5.56 Å². The monoisotopic (exact) mass is 469 g/mol. The fourth-order valence-electron chi connectivity index (χ4n) is 3.09. The minimum Gasteiger partial charge on any atom is -0.325 e. The molecule has 1 aromatic carbocycles. The zero-order chi connectivity index (χ0) is 22.8.